The highest BCUT2D eigenvalue weighted by Crippen LogP contribution is 2.36. The van der Waals surface area contributed by atoms with E-state index in [0.29, 0.717) is 33.2 Å². The molecule has 2 atom stereocenters. The summed E-state index contributed by atoms with van der Waals surface area (Å²) in [5.41, 5.74) is 1.32. The van der Waals surface area contributed by atoms with E-state index in [4.69, 9.17) is 9.47 Å². The number of nitrogens with zero attached hydrogens (tertiary/aromatic N) is 3. The SMILES string of the molecule is CO[C@@H]1CCC[C@H](Oc2ncccc2Nc2ncnc3sc(C(=O)O)c(C)c23)C1. The number of carboxylic acids is 1. The third-order valence-corrected chi connectivity index (χ3v) is 6.32. The van der Waals surface area contributed by atoms with Crippen molar-refractivity contribution in [2.45, 2.75) is 44.8 Å². The van der Waals surface area contributed by atoms with Crippen molar-refractivity contribution in [1.29, 1.82) is 0 Å². The quantitative estimate of drug-likeness (QED) is 0.619. The molecule has 1 aliphatic rings. The van der Waals surface area contributed by atoms with Gasteiger partial charge in [0, 0.05) is 19.7 Å². The van der Waals surface area contributed by atoms with Crippen LogP contribution in [0.15, 0.2) is 24.7 Å². The summed E-state index contributed by atoms with van der Waals surface area (Å²) in [5, 5.41) is 13.4. The Morgan fingerprint density at radius 1 is 1.28 bits per heavy atom. The van der Waals surface area contributed by atoms with Crippen LogP contribution in [0.25, 0.3) is 10.2 Å². The van der Waals surface area contributed by atoms with E-state index >= 15 is 0 Å². The monoisotopic (exact) mass is 414 g/mol. The van der Waals surface area contributed by atoms with Gasteiger partial charge in [-0.15, -0.1) is 11.3 Å². The van der Waals surface area contributed by atoms with E-state index in [0.717, 1.165) is 37.0 Å². The smallest absolute Gasteiger partial charge is 0.346 e. The molecule has 3 aromatic rings. The molecule has 3 heterocycles. The Morgan fingerprint density at radius 3 is 2.90 bits per heavy atom. The number of methoxy groups -OCH3 is 1. The number of hydrogen-bond donors (Lipinski definition) is 2. The van der Waals surface area contributed by atoms with Crippen LogP contribution in [-0.2, 0) is 4.74 Å². The summed E-state index contributed by atoms with van der Waals surface area (Å²) in [5.74, 6) is 0.0618. The van der Waals surface area contributed by atoms with Crippen molar-refractivity contribution >= 4 is 39.0 Å². The van der Waals surface area contributed by atoms with Gasteiger partial charge in [0.2, 0.25) is 5.88 Å². The van der Waals surface area contributed by atoms with Crippen LogP contribution in [0.2, 0.25) is 0 Å². The fraction of sp³-hybridized carbons (Fsp3) is 0.400. The highest BCUT2D eigenvalue weighted by atomic mass is 32.1. The molecule has 152 valence electrons. The summed E-state index contributed by atoms with van der Waals surface area (Å²) in [6, 6.07) is 3.68. The van der Waals surface area contributed by atoms with Crippen LogP contribution in [0.5, 0.6) is 5.88 Å². The molecule has 4 rings (SSSR count). The molecule has 0 spiro atoms. The molecular weight excluding hydrogens is 392 g/mol. The Kier molecular flexibility index (Phi) is 5.59. The Bertz CT molecular complexity index is 1040. The van der Waals surface area contributed by atoms with E-state index in [2.05, 4.69) is 20.3 Å². The van der Waals surface area contributed by atoms with Gasteiger partial charge in [-0.05, 0) is 43.9 Å². The summed E-state index contributed by atoms with van der Waals surface area (Å²) in [7, 11) is 1.73. The summed E-state index contributed by atoms with van der Waals surface area (Å²) in [4.78, 5) is 25.3. The minimum Gasteiger partial charge on any atom is -0.477 e. The maximum Gasteiger partial charge on any atom is 0.346 e. The third kappa shape index (κ3) is 4.01. The fourth-order valence-corrected chi connectivity index (χ4v) is 4.65. The highest BCUT2D eigenvalue weighted by Gasteiger charge is 2.25. The zero-order chi connectivity index (χ0) is 20.4. The molecule has 0 amide bonds. The fourth-order valence-electron chi connectivity index (χ4n) is 3.66. The number of aromatic carboxylic acids is 1. The number of fused-ring (bicyclic) bond motifs is 1. The van der Waals surface area contributed by atoms with E-state index < -0.39 is 5.97 Å². The first kappa shape index (κ1) is 19.5. The van der Waals surface area contributed by atoms with Crippen LogP contribution < -0.4 is 10.1 Å². The molecule has 0 unspecified atom stereocenters. The van der Waals surface area contributed by atoms with Gasteiger partial charge in [-0.2, -0.15) is 0 Å². The van der Waals surface area contributed by atoms with Crippen LogP contribution in [0, 0.1) is 6.92 Å². The van der Waals surface area contributed by atoms with Gasteiger partial charge in [-0.25, -0.2) is 19.7 Å². The van der Waals surface area contributed by atoms with E-state index in [1.807, 2.05) is 12.1 Å². The lowest BCUT2D eigenvalue weighted by Crippen LogP contribution is -2.29. The van der Waals surface area contributed by atoms with Crippen molar-refractivity contribution in [2.24, 2.45) is 0 Å². The summed E-state index contributed by atoms with van der Waals surface area (Å²) in [6.45, 7) is 1.77. The number of thiophene rings is 1. The molecule has 0 aliphatic heterocycles. The number of hydrogen-bond acceptors (Lipinski definition) is 8. The molecule has 0 radical (unpaired) electrons. The summed E-state index contributed by atoms with van der Waals surface area (Å²) >= 11 is 1.14. The normalized spacial score (nSPS) is 19.2. The molecule has 8 nitrogen and oxygen atoms in total. The number of aryl methyl sites for hydroxylation is 1. The second kappa shape index (κ2) is 8.30. The Labute approximate surface area is 171 Å². The lowest BCUT2D eigenvalue weighted by Gasteiger charge is -2.28. The number of nitrogens with one attached hydrogen (secondary N) is 1. The van der Waals surface area contributed by atoms with E-state index in [-0.39, 0.29) is 17.1 Å². The summed E-state index contributed by atoms with van der Waals surface area (Å²) in [6.07, 6.45) is 7.24. The van der Waals surface area contributed by atoms with Crippen LogP contribution in [0.1, 0.15) is 40.9 Å². The van der Waals surface area contributed by atoms with Crippen LogP contribution in [0.4, 0.5) is 11.5 Å². The average Bonchev–Trinajstić information content (AvgIpc) is 3.07. The molecular formula is C20H22N4O4S. The minimum atomic E-state index is -0.966. The lowest BCUT2D eigenvalue weighted by atomic mass is 9.95. The maximum atomic E-state index is 11.5. The van der Waals surface area contributed by atoms with Gasteiger partial charge in [0.15, 0.2) is 0 Å². The van der Waals surface area contributed by atoms with Crippen molar-refractivity contribution in [3.05, 3.63) is 35.1 Å². The first-order chi connectivity index (χ1) is 14.1. The lowest BCUT2D eigenvalue weighted by molar-refractivity contribution is 0.0197. The van der Waals surface area contributed by atoms with Crippen molar-refractivity contribution in [3.8, 4) is 5.88 Å². The van der Waals surface area contributed by atoms with E-state index in [1.165, 1.54) is 6.33 Å². The van der Waals surface area contributed by atoms with Crippen LogP contribution in [-0.4, -0.2) is 45.3 Å². The van der Waals surface area contributed by atoms with Gasteiger partial charge >= 0.3 is 5.97 Å². The molecule has 2 N–H and O–H groups in total. The number of anilines is 2. The number of aromatic nitrogens is 3. The van der Waals surface area contributed by atoms with Crippen LogP contribution in [0.3, 0.4) is 0 Å². The second-order valence-electron chi connectivity index (χ2n) is 7.01. The molecule has 1 saturated carbocycles. The van der Waals surface area contributed by atoms with Gasteiger partial charge in [0.1, 0.15) is 33.6 Å². The first-order valence-corrected chi connectivity index (χ1v) is 10.3. The largest absolute Gasteiger partial charge is 0.477 e. The number of carboxylic acid groups (broad SMARTS) is 1. The average molecular weight is 414 g/mol. The molecule has 9 heteroatoms. The summed E-state index contributed by atoms with van der Waals surface area (Å²) < 4.78 is 11.7. The molecule has 1 fully saturated rings. The number of ether oxygens (including phenoxy) is 2. The molecule has 0 aromatic carbocycles. The van der Waals surface area contributed by atoms with Crippen molar-refractivity contribution in [1.82, 2.24) is 15.0 Å². The number of pyridine rings is 1. The molecule has 3 aromatic heterocycles. The third-order valence-electron chi connectivity index (χ3n) is 5.13. The zero-order valence-electron chi connectivity index (χ0n) is 16.2. The topological polar surface area (TPSA) is 106 Å². The van der Waals surface area contributed by atoms with Crippen molar-refractivity contribution in [3.63, 3.8) is 0 Å². The predicted molar refractivity (Wildman–Crippen MR) is 110 cm³/mol. The molecule has 29 heavy (non-hydrogen) atoms. The van der Waals surface area contributed by atoms with Gasteiger partial charge in [-0.3, -0.25) is 0 Å². The number of rotatable bonds is 6. The molecule has 0 saturated heterocycles. The van der Waals surface area contributed by atoms with E-state index in [9.17, 15) is 9.90 Å². The standard InChI is InChI=1S/C20H22N4O4S/c1-11-15-17(22-10-23-19(15)29-16(11)20(25)26)24-14-7-4-8-21-18(14)28-13-6-3-5-12(9-13)27-2/h4,7-8,10,12-13H,3,5-6,9H2,1-2H3,(H,25,26)(H,22,23,24)/t12-,13+/m1/s1. The van der Waals surface area contributed by atoms with Gasteiger partial charge in [0.25, 0.3) is 0 Å². The zero-order valence-corrected chi connectivity index (χ0v) is 17.0. The second-order valence-corrected chi connectivity index (χ2v) is 8.01. The van der Waals surface area contributed by atoms with Gasteiger partial charge < -0.3 is 19.9 Å². The number of carbonyl (C=O) groups is 1. The Hall–Kier alpha value is -2.78. The van der Waals surface area contributed by atoms with Crippen LogP contribution >= 0.6 is 11.3 Å². The van der Waals surface area contributed by atoms with Crippen molar-refractivity contribution in [2.75, 3.05) is 12.4 Å². The van der Waals surface area contributed by atoms with Gasteiger partial charge in [-0.1, -0.05) is 0 Å². The van der Waals surface area contributed by atoms with E-state index in [1.54, 1.807) is 20.2 Å². The first-order valence-electron chi connectivity index (χ1n) is 9.45. The Morgan fingerprint density at radius 2 is 2.10 bits per heavy atom. The minimum absolute atomic E-state index is 0.0380. The maximum absolute atomic E-state index is 11.5. The highest BCUT2D eigenvalue weighted by molar-refractivity contribution is 7.20. The van der Waals surface area contributed by atoms with Gasteiger partial charge in [0.05, 0.1) is 11.5 Å². The Balaban J connectivity index is 1.63. The predicted octanol–water partition coefficient (Wildman–Crippen LogP) is 4.17. The molecule has 0 bridgehead atoms. The molecule has 1 aliphatic carbocycles. The van der Waals surface area contributed by atoms with Crippen molar-refractivity contribution < 1.29 is 19.4 Å².